The molecule has 144 valence electrons. The molecule has 1 aliphatic rings. The van der Waals surface area contributed by atoms with Gasteiger partial charge in [0.2, 0.25) is 5.91 Å². The average Bonchev–Trinajstić information content (AvgIpc) is 2.66. The first-order valence-corrected chi connectivity index (χ1v) is 9.66. The van der Waals surface area contributed by atoms with E-state index in [4.69, 9.17) is 0 Å². The minimum absolute atomic E-state index is 0.0279. The Morgan fingerprint density at radius 3 is 2.41 bits per heavy atom. The second-order valence-electron chi connectivity index (χ2n) is 7.38. The number of anilines is 3. The molecule has 1 fully saturated rings. The van der Waals surface area contributed by atoms with Gasteiger partial charge in [0.15, 0.2) is 0 Å². The van der Waals surface area contributed by atoms with Gasteiger partial charge in [-0.1, -0.05) is 12.1 Å². The summed E-state index contributed by atoms with van der Waals surface area (Å²) in [5.74, 6) is 0.0279. The van der Waals surface area contributed by atoms with E-state index in [0.29, 0.717) is 13.0 Å². The van der Waals surface area contributed by atoms with Crippen LogP contribution in [0.3, 0.4) is 0 Å². The summed E-state index contributed by atoms with van der Waals surface area (Å²) in [5, 5.41) is 6.34. The van der Waals surface area contributed by atoms with Crippen LogP contribution >= 0.6 is 0 Å². The first-order valence-electron chi connectivity index (χ1n) is 9.66. The van der Waals surface area contributed by atoms with Crippen molar-refractivity contribution >= 4 is 23.0 Å². The molecule has 1 saturated heterocycles. The summed E-state index contributed by atoms with van der Waals surface area (Å²) in [6.45, 7) is 9.04. The lowest BCUT2D eigenvalue weighted by Gasteiger charge is -2.34. The van der Waals surface area contributed by atoms with Crippen molar-refractivity contribution in [1.29, 1.82) is 0 Å². The Hall–Kier alpha value is -2.53. The third-order valence-electron chi connectivity index (χ3n) is 5.08. The average molecular weight is 367 g/mol. The van der Waals surface area contributed by atoms with Gasteiger partial charge in [0, 0.05) is 56.2 Å². The van der Waals surface area contributed by atoms with E-state index in [9.17, 15) is 4.79 Å². The monoisotopic (exact) mass is 366 g/mol. The Morgan fingerprint density at radius 1 is 1.00 bits per heavy atom. The number of nitrogens with zero attached hydrogens (tertiary/aromatic N) is 2. The molecule has 27 heavy (non-hydrogen) atoms. The van der Waals surface area contributed by atoms with Crippen LogP contribution in [0.4, 0.5) is 17.1 Å². The smallest absolute Gasteiger partial charge is 0.226 e. The van der Waals surface area contributed by atoms with E-state index in [1.807, 2.05) is 12.1 Å². The highest BCUT2D eigenvalue weighted by Gasteiger charge is 2.14. The molecule has 2 aromatic carbocycles. The molecule has 0 atom stereocenters. The van der Waals surface area contributed by atoms with E-state index in [1.54, 1.807) is 0 Å². The van der Waals surface area contributed by atoms with Crippen molar-refractivity contribution in [2.75, 3.05) is 55.3 Å². The number of piperazine rings is 1. The maximum Gasteiger partial charge on any atom is 0.226 e. The number of nitrogens with one attached hydrogen (secondary N) is 2. The zero-order chi connectivity index (χ0) is 19.2. The number of rotatable bonds is 6. The SMILES string of the molecule is Cc1ccc(C)c(NCCC(=O)Nc2ccc(N3CCN(C)CC3)cc2)c1. The highest BCUT2D eigenvalue weighted by Crippen LogP contribution is 2.20. The number of benzene rings is 2. The summed E-state index contributed by atoms with van der Waals surface area (Å²) < 4.78 is 0. The van der Waals surface area contributed by atoms with Crippen LogP contribution in [-0.4, -0.2) is 50.6 Å². The van der Waals surface area contributed by atoms with Crippen molar-refractivity contribution < 1.29 is 4.79 Å². The van der Waals surface area contributed by atoms with Crippen LogP contribution in [0.5, 0.6) is 0 Å². The molecule has 0 radical (unpaired) electrons. The van der Waals surface area contributed by atoms with E-state index in [0.717, 1.165) is 37.6 Å². The van der Waals surface area contributed by atoms with E-state index in [-0.39, 0.29) is 5.91 Å². The summed E-state index contributed by atoms with van der Waals surface area (Å²) in [5.41, 5.74) is 5.58. The van der Waals surface area contributed by atoms with Crippen LogP contribution in [0.15, 0.2) is 42.5 Å². The van der Waals surface area contributed by atoms with E-state index in [1.165, 1.54) is 16.8 Å². The van der Waals surface area contributed by atoms with Crippen LogP contribution < -0.4 is 15.5 Å². The molecule has 0 spiro atoms. The number of carbonyl (C=O) groups excluding carboxylic acids is 1. The third kappa shape index (κ3) is 5.47. The van der Waals surface area contributed by atoms with Crippen LogP contribution in [0.2, 0.25) is 0 Å². The number of amides is 1. The number of likely N-dealkylation sites (N-methyl/N-ethyl adjacent to an activating group) is 1. The Labute approximate surface area is 162 Å². The van der Waals surface area contributed by atoms with Crippen molar-refractivity contribution in [2.45, 2.75) is 20.3 Å². The van der Waals surface area contributed by atoms with Gasteiger partial charge in [0.25, 0.3) is 0 Å². The fraction of sp³-hybridized carbons (Fsp3) is 0.409. The Balaban J connectivity index is 1.46. The maximum atomic E-state index is 12.2. The van der Waals surface area contributed by atoms with Crippen LogP contribution in [0.1, 0.15) is 17.5 Å². The second kappa shape index (κ2) is 8.91. The molecule has 2 aromatic rings. The number of carbonyl (C=O) groups is 1. The van der Waals surface area contributed by atoms with Gasteiger partial charge in [0.05, 0.1) is 0 Å². The third-order valence-corrected chi connectivity index (χ3v) is 5.08. The Bertz CT molecular complexity index is 764. The fourth-order valence-corrected chi connectivity index (χ4v) is 3.28. The molecule has 1 heterocycles. The van der Waals surface area contributed by atoms with Crippen molar-refractivity contribution in [1.82, 2.24) is 4.90 Å². The lowest BCUT2D eigenvalue weighted by Crippen LogP contribution is -2.44. The Morgan fingerprint density at radius 2 is 1.70 bits per heavy atom. The van der Waals surface area contributed by atoms with Gasteiger partial charge in [-0.2, -0.15) is 0 Å². The van der Waals surface area contributed by atoms with Gasteiger partial charge in [-0.15, -0.1) is 0 Å². The lowest BCUT2D eigenvalue weighted by molar-refractivity contribution is -0.115. The van der Waals surface area contributed by atoms with E-state index >= 15 is 0 Å². The summed E-state index contributed by atoms with van der Waals surface area (Å²) in [6.07, 6.45) is 0.438. The molecule has 3 rings (SSSR count). The molecule has 0 aliphatic carbocycles. The molecule has 0 bridgehead atoms. The van der Waals surface area contributed by atoms with Gasteiger partial charge < -0.3 is 20.4 Å². The summed E-state index contributed by atoms with van der Waals surface area (Å²) in [4.78, 5) is 16.9. The maximum absolute atomic E-state index is 12.2. The molecular weight excluding hydrogens is 336 g/mol. The molecule has 0 aromatic heterocycles. The predicted octanol–water partition coefficient (Wildman–Crippen LogP) is 3.50. The lowest BCUT2D eigenvalue weighted by atomic mass is 10.1. The molecule has 5 nitrogen and oxygen atoms in total. The molecule has 0 saturated carbocycles. The first-order chi connectivity index (χ1) is 13.0. The standard InChI is InChI=1S/C22H30N4O/c1-17-4-5-18(2)21(16-17)23-11-10-22(27)24-19-6-8-20(9-7-19)26-14-12-25(3)13-15-26/h4-9,16,23H,10-15H2,1-3H3,(H,24,27). The van der Waals surface area contributed by atoms with Gasteiger partial charge in [-0.05, 0) is 62.4 Å². The van der Waals surface area contributed by atoms with E-state index < -0.39 is 0 Å². The normalized spacial score (nSPS) is 14.9. The minimum atomic E-state index is 0.0279. The summed E-state index contributed by atoms with van der Waals surface area (Å²) >= 11 is 0. The van der Waals surface area contributed by atoms with Gasteiger partial charge in [-0.3, -0.25) is 4.79 Å². The Kier molecular flexibility index (Phi) is 6.35. The molecule has 2 N–H and O–H groups in total. The van der Waals surface area contributed by atoms with Gasteiger partial charge in [0.1, 0.15) is 0 Å². The fourth-order valence-electron chi connectivity index (χ4n) is 3.28. The molecule has 1 aliphatic heterocycles. The topological polar surface area (TPSA) is 47.6 Å². The highest BCUT2D eigenvalue weighted by molar-refractivity contribution is 5.91. The first kappa shape index (κ1) is 19.2. The highest BCUT2D eigenvalue weighted by atomic mass is 16.1. The van der Waals surface area contributed by atoms with Crippen molar-refractivity contribution in [3.05, 3.63) is 53.6 Å². The number of hydrogen-bond acceptors (Lipinski definition) is 4. The van der Waals surface area contributed by atoms with Crippen LogP contribution in [0, 0.1) is 13.8 Å². The van der Waals surface area contributed by atoms with Crippen LogP contribution in [-0.2, 0) is 4.79 Å². The van der Waals surface area contributed by atoms with Gasteiger partial charge >= 0.3 is 0 Å². The van der Waals surface area contributed by atoms with Gasteiger partial charge in [-0.25, -0.2) is 0 Å². The molecule has 0 unspecified atom stereocenters. The molecule has 1 amide bonds. The van der Waals surface area contributed by atoms with Crippen molar-refractivity contribution in [3.63, 3.8) is 0 Å². The summed E-state index contributed by atoms with van der Waals surface area (Å²) in [7, 11) is 2.16. The molecule has 5 heteroatoms. The van der Waals surface area contributed by atoms with E-state index in [2.05, 4.69) is 71.7 Å². The minimum Gasteiger partial charge on any atom is -0.384 e. The zero-order valence-electron chi connectivity index (χ0n) is 16.6. The summed E-state index contributed by atoms with van der Waals surface area (Å²) in [6, 6.07) is 14.5. The predicted molar refractivity (Wildman–Crippen MR) is 114 cm³/mol. The largest absolute Gasteiger partial charge is 0.384 e. The van der Waals surface area contributed by atoms with Crippen LogP contribution in [0.25, 0.3) is 0 Å². The molecular formula is C22H30N4O. The number of hydrogen-bond donors (Lipinski definition) is 2. The van der Waals surface area contributed by atoms with Crippen molar-refractivity contribution in [2.24, 2.45) is 0 Å². The second-order valence-corrected chi connectivity index (χ2v) is 7.38. The zero-order valence-corrected chi connectivity index (χ0v) is 16.6. The number of aryl methyl sites for hydroxylation is 2. The van der Waals surface area contributed by atoms with Crippen molar-refractivity contribution in [3.8, 4) is 0 Å². The quantitative estimate of drug-likeness (QED) is 0.822.